The van der Waals surface area contributed by atoms with Crippen LogP contribution in [0.1, 0.15) is 29.5 Å². The van der Waals surface area contributed by atoms with Crippen molar-refractivity contribution in [2.24, 2.45) is 4.99 Å². The number of likely N-dealkylation sites (N-methyl/N-ethyl adjacent to an activating group) is 1. The van der Waals surface area contributed by atoms with Gasteiger partial charge in [0.2, 0.25) is 0 Å². The molecule has 0 saturated carbocycles. The van der Waals surface area contributed by atoms with E-state index >= 15 is 0 Å². The van der Waals surface area contributed by atoms with Crippen molar-refractivity contribution in [2.75, 3.05) is 58.3 Å². The van der Waals surface area contributed by atoms with Crippen LogP contribution in [0.2, 0.25) is 0 Å². The van der Waals surface area contributed by atoms with E-state index in [4.69, 9.17) is 0 Å². The topological polar surface area (TPSA) is 59.0 Å². The van der Waals surface area contributed by atoms with E-state index in [1.165, 1.54) is 37.1 Å². The van der Waals surface area contributed by atoms with Gasteiger partial charge in [0.25, 0.3) is 0 Å². The predicted molar refractivity (Wildman–Crippen MR) is 132 cm³/mol. The molecule has 2 aliphatic rings. The summed E-state index contributed by atoms with van der Waals surface area (Å²) in [6.07, 6.45) is 4.64. The summed E-state index contributed by atoms with van der Waals surface area (Å²) in [5.74, 6) is 1.87. The van der Waals surface area contributed by atoms with Crippen molar-refractivity contribution in [3.8, 4) is 0 Å². The van der Waals surface area contributed by atoms with Crippen molar-refractivity contribution in [3.63, 3.8) is 0 Å². The number of likely N-dealkylation sites (tertiary alicyclic amines) is 1. The third kappa shape index (κ3) is 6.43. The quantitative estimate of drug-likeness (QED) is 0.514. The molecule has 2 fully saturated rings. The summed E-state index contributed by atoms with van der Waals surface area (Å²) in [4.78, 5) is 16.3. The smallest absolute Gasteiger partial charge is 0.191 e. The number of hydrogen-bond acceptors (Lipinski definition) is 5. The SMILES string of the molecule is CN=C(NCc1ccc(CN2CCCC2)cc1)NCc1ccc(N2CCN(C)CC2)nc1. The molecule has 0 aliphatic carbocycles. The Morgan fingerprint density at radius 2 is 1.47 bits per heavy atom. The number of piperazine rings is 1. The van der Waals surface area contributed by atoms with Crippen LogP contribution in [0.3, 0.4) is 0 Å². The van der Waals surface area contributed by atoms with E-state index in [1.54, 1.807) is 0 Å². The third-order valence-corrected chi connectivity index (χ3v) is 6.41. The van der Waals surface area contributed by atoms with Crippen LogP contribution in [0.4, 0.5) is 5.82 Å². The summed E-state index contributed by atoms with van der Waals surface area (Å²) >= 11 is 0. The molecule has 2 N–H and O–H groups in total. The molecule has 7 nitrogen and oxygen atoms in total. The van der Waals surface area contributed by atoms with E-state index in [2.05, 4.69) is 78.8 Å². The van der Waals surface area contributed by atoms with Crippen molar-refractivity contribution >= 4 is 11.8 Å². The predicted octanol–water partition coefficient (Wildman–Crippen LogP) is 2.29. The highest BCUT2D eigenvalue weighted by Gasteiger charge is 2.15. The van der Waals surface area contributed by atoms with E-state index in [-0.39, 0.29) is 0 Å². The molecule has 0 bridgehead atoms. The maximum Gasteiger partial charge on any atom is 0.191 e. The number of aromatic nitrogens is 1. The summed E-state index contributed by atoms with van der Waals surface area (Å²) in [6.45, 7) is 9.25. The van der Waals surface area contributed by atoms with Gasteiger partial charge in [-0.05, 0) is 55.7 Å². The molecule has 2 saturated heterocycles. The number of rotatable bonds is 7. The van der Waals surface area contributed by atoms with Crippen molar-refractivity contribution in [1.29, 1.82) is 0 Å². The molecule has 32 heavy (non-hydrogen) atoms. The second kappa shape index (κ2) is 11.3. The Morgan fingerprint density at radius 1 is 0.844 bits per heavy atom. The molecule has 3 heterocycles. The largest absolute Gasteiger partial charge is 0.354 e. The lowest BCUT2D eigenvalue weighted by atomic mass is 10.1. The maximum absolute atomic E-state index is 4.67. The molecule has 2 aromatic rings. The molecule has 0 amide bonds. The van der Waals surface area contributed by atoms with Gasteiger partial charge < -0.3 is 20.4 Å². The van der Waals surface area contributed by atoms with Gasteiger partial charge in [0, 0.05) is 59.1 Å². The highest BCUT2D eigenvalue weighted by atomic mass is 15.3. The fourth-order valence-electron chi connectivity index (χ4n) is 4.30. The zero-order chi connectivity index (χ0) is 22.2. The van der Waals surface area contributed by atoms with Gasteiger partial charge in [-0.3, -0.25) is 9.89 Å². The van der Waals surface area contributed by atoms with Gasteiger partial charge in [0.1, 0.15) is 5.82 Å². The van der Waals surface area contributed by atoms with E-state index < -0.39 is 0 Å². The summed E-state index contributed by atoms with van der Waals surface area (Å²) in [5.41, 5.74) is 3.80. The van der Waals surface area contributed by atoms with Crippen LogP contribution in [0.15, 0.2) is 47.6 Å². The Bertz CT molecular complexity index is 849. The number of nitrogens with one attached hydrogen (secondary N) is 2. The van der Waals surface area contributed by atoms with Crippen LogP contribution in [0, 0.1) is 0 Å². The first-order valence-corrected chi connectivity index (χ1v) is 11.8. The molecule has 4 rings (SSSR count). The highest BCUT2D eigenvalue weighted by molar-refractivity contribution is 5.79. The monoisotopic (exact) mass is 435 g/mol. The van der Waals surface area contributed by atoms with Gasteiger partial charge in [-0.15, -0.1) is 0 Å². The fourth-order valence-corrected chi connectivity index (χ4v) is 4.30. The second-order valence-electron chi connectivity index (χ2n) is 8.89. The summed E-state index contributed by atoms with van der Waals surface area (Å²) < 4.78 is 0. The third-order valence-electron chi connectivity index (χ3n) is 6.41. The number of aliphatic imine (C=N–C) groups is 1. The molecule has 7 heteroatoms. The summed E-state index contributed by atoms with van der Waals surface area (Å²) in [6, 6.07) is 13.2. The Morgan fingerprint density at radius 3 is 2.09 bits per heavy atom. The minimum atomic E-state index is 0.699. The van der Waals surface area contributed by atoms with Crippen LogP contribution in [0.5, 0.6) is 0 Å². The van der Waals surface area contributed by atoms with E-state index in [1.807, 2.05) is 13.2 Å². The van der Waals surface area contributed by atoms with E-state index in [0.29, 0.717) is 6.54 Å². The lowest BCUT2D eigenvalue weighted by Gasteiger charge is -2.33. The number of guanidine groups is 1. The van der Waals surface area contributed by atoms with E-state index in [9.17, 15) is 0 Å². The first-order valence-electron chi connectivity index (χ1n) is 11.8. The van der Waals surface area contributed by atoms with Crippen LogP contribution in [-0.2, 0) is 19.6 Å². The standard InChI is InChI=1S/C25H37N7/c1-26-25(28-17-21-5-7-22(8-6-21)20-31-11-3-4-12-31)29-19-23-9-10-24(27-18-23)32-15-13-30(2)14-16-32/h5-10,18H,3-4,11-17,19-20H2,1-2H3,(H2,26,28,29). The molecule has 172 valence electrons. The van der Waals surface area contributed by atoms with Crippen LogP contribution < -0.4 is 15.5 Å². The van der Waals surface area contributed by atoms with Crippen molar-refractivity contribution in [2.45, 2.75) is 32.5 Å². The summed E-state index contributed by atoms with van der Waals surface area (Å²) in [5, 5.41) is 6.80. The summed E-state index contributed by atoms with van der Waals surface area (Å²) in [7, 11) is 3.98. The van der Waals surface area contributed by atoms with Gasteiger partial charge in [-0.1, -0.05) is 30.3 Å². The van der Waals surface area contributed by atoms with Crippen LogP contribution >= 0.6 is 0 Å². The van der Waals surface area contributed by atoms with Gasteiger partial charge in [-0.2, -0.15) is 0 Å². The molecule has 0 spiro atoms. The minimum absolute atomic E-state index is 0.699. The number of anilines is 1. The highest BCUT2D eigenvalue weighted by Crippen LogP contribution is 2.14. The number of hydrogen-bond donors (Lipinski definition) is 2. The fraction of sp³-hybridized carbons (Fsp3) is 0.520. The average Bonchev–Trinajstić information content (AvgIpc) is 3.34. The molecular weight excluding hydrogens is 398 g/mol. The number of pyridine rings is 1. The first kappa shape index (κ1) is 22.6. The van der Waals surface area contributed by atoms with Gasteiger partial charge in [0.15, 0.2) is 5.96 Å². The second-order valence-corrected chi connectivity index (χ2v) is 8.89. The Balaban J connectivity index is 1.21. The van der Waals surface area contributed by atoms with Gasteiger partial charge >= 0.3 is 0 Å². The molecular formula is C25H37N7. The van der Waals surface area contributed by atoms with Crippen molar-refractivity contribution in [1.82, 2.24) is 25.4 Å². The Hall–Kier alpha value is -2.64. The van der Waals surface area contributed by atoms with Crippen molar-refractivity contribution < 1.29 is 0 Å². The minimum Gasteiger partial charge on any atom is -0.354 e. The molecule has 2 aliphatic heterocycles. The lowest BCUT2D eigenvalue weighted by molar-refractivity contribution is 0.312. The normalized spacial score (nSPS) is 18.2. The number of benzene rings is 1. The zero-order valence-corrected chi connectivity index (χ0v) is 19.6. The molecule has 0 radical (unpaired) electrons. The molecule has 1 aromatic heterocycles. The molecule has 1 aromatic carbocycles. The Kier molecular flexibility index (Phi) is 7.96. The zero-order valence-electron chi connectivity index (χ0n) is 19.6. The van der Waals surface area contributed by atoms with Gasteiger partial charge in [0.05, 0.1) is 0 Å². The lowest BCUT2D eigenvalue weighted by Crippen LogP contribution is -2.44. The van der Waals surface area contributed by atoms with E-state index in [0.717, 1.165) is 56.6 Å². The molecule has 0 atom stereocenters. The average molecular weight is 436 g/mol. The maximum atomic E-state index is 4.67. The van der Waals surface area contributed by atoms with Crippen LogP contribution in [-0.4, -0.2) is 74.1 Å². The molecule has 0 unspecified atom stereocenters. The van der Waals surface area contributed by atoms with Crippen molar-refractivity contribution in [3.05, 3.63) is 59.3 Å². The Labute approximate surface area is 192 Å². The number of nitrogens with zero attached hydrogens (tertiary/aromatic N) is 5. The first-order chi connectivity index (χ1) is 15.7. The van der Waals surface area contributed by atoms with Crippen LogP contribution in [0.25, 0.3) is 0 Å². The van der Waals surface area contributed by atoms with Gasteiger partial charge in [-0.25, -0.2) is 4.98 Å².